The maximum Gasteiger partial charge on any atom is 0.0696 e. The zero-order valence-corrected chi connectivity index (χ0v) is 6.80. The molecule has 2 atom stereocenters. The fourth-order valence-corrected chi connectivity index (χ4v) is 1.63. The van der Waals surface area contributed by atoms with Gasteiger partial charge in [0.2, 0.25) is 0 Å². The van der Waals surface area contributed by atoms with E-state index < -0.39 is 0 Å². The Morgan fingerprint density at radius 2 is 2.10 bits per heavy atom. The highest BCUT2D eigenvalue weighted by Crippen LogP contribution is 2.34. The molecule has 0 bridgehead atoms. The summed E-state index contributed by atoms with van der Waals surface area (Å²) in [7, 11) is 0. The van der Waals surface area contributed by atoms with Crippen molar-refractivity contribution in [3.8, 4) is 0 Å². The fraction of sp³-hybridized carbons (Fsp3) is 1.00. The summed E-state index contributed by atoms with van der Waals surface area (Å²) in [6.07, 6.45) is 2.86. The Labute approximate surface area is 62.4 Å². The van der Waals surface area contributed by atoms with Crippen molar-refractivity contribution in [3.63, 3.8) is 0 Å². The van der Waals surface area contributed by atoms with Gasteiger partial charge in [-0.15, -0.1) is 0 Å². The quantitative estimate of drug-likeness (QED) is 0.529. The molecule has 0 radical (unpaired) electrons. The van der Waals surface area contributed by atoms with E-state index in [-0.39, 0.29) is 17.6 Å². The third-order valence-electron chi connectivity index (χ3n) is 2.64. The lowest BCUT2D eigenvalue weighted by Crippen LogP contribution is -2.49. The standard InChI is InChI=1S/C8H17NO/c1-8(2)5-3-4-6(10)7(8)9/h6-7,10H,3-5,9H2,1-2H3. The van der Waals surface area contributed by atoms with Crippen molar-refractivity contribution in [2.45, 2.75) is 45.3 Å². The molecule has 2 heteroatoms. The Balaban J connectivity index is 2.60. The van der Waals surface area contributed by atoms with Crippen molar-refractivity contribution >= 4 is 0 Å². The van der Waals surface area contributed by atoms with Gasteiger partial charge < -0.3 is 10.8 Å². The molecule has 0 heterocycles. The van der Waals surface area contributed by atoms with Crippen LogP contribution in [0.1, 0.15) is 33.1 Å². The van der Waals surface area contributed by atoms with Gasteiger partial charge in [-0.05, 0) is 18.3 Å². The van der Waals surface area contributed by atoms with Gasteiger partial charge in [0, 0.05) is 6.04 Å². The normalized spacial score (nSPS) is 39.6. The molecule has 1 saturated carbocycles. The molecule has 2 unspecified atom stereocenters. The first-order valence-electron chi connectivity index (χ1n) is 3.98. The zero-order valence-electron chi connectivity index (χ0n) is 6.80. The van der Waals surface area contributed by atoms with Crippen molar-refractivity contribution in [1.29, 1.82) is 0 Å². The lowest BCUT2D eigenvalue weighted by atomic mass is 9.72. The van der Waals surface area contributed by atoms with Crippen molar-refractivity contribution in [3.05, 3.63) is 0 Å². The van der Waals surface area contributed by atoms with Crippen LogP contribution >= 0.6 is 0 Å². The van der Waals surface area contributed by atoms with Gasteiger partial charge in [0.25, 0.3) is 0 Å². The molecule has 1 fully saturated rings. The number of nitrogens with two attached hydrogens (primary N) is 1. The predicted octanol–water partition coefficient (Wildman–Crippen LogP) is 0.885. The van der Waals surface area contributed by atoms with Crippen LogP contribution in [0.15, 0.2) is 0 Å². The summed E-state index contributed by atoms with van der Waals surface area (Å²) in [6, 6.07) is -0.0266. The molecule has 0 saturated heterocycles. The number of hydrogen-bond acceptors (Lipinski definition) is 2. The van der Waals surface area contributed by atoms with E-state index in [4.69, 9.17) is 5.73 Å². The SMILES string of the molecule is CC1(C)CCCC(O)C1N. The molecule has 2 nitrogen and oxygen atoms in total. The van der Waals surface area contributed by atoms with Crippen LogP contribution in [0.3, 0.4) is 0 Å². The molecule has 3 N–H and O–H groups in total. The van der Waals surface area contributed by atoms with E-state index in [9.17, 15) is 5.11 Å². The molecule has 1 aliphatic rings. The van der Waals surface area contributed by atoms with Crippen LogP contribution < -0.4 is 5.73 Å². The first-order valence-corrected chi connectivity index (χ1v) is 3.98. The second kappa shape index (κ2) is 2.51. The molecule has 0 aromatic carbocycles. The number of rotatable bonds is 0. The first-order chi connectivity index (χ1) is 4.54. The topological polar surface area (TPSA) is 46.2 Å². The van der Waals surface area contributed by atoms with Crippen LogP contribution in [-0.2, 0) is 0 Å². The van der Waals surface area contributed by atoms with Crippen LogP contribution in [0.4, 0.5) is 0 Å². The average molecular weight is 143 g/mol. The Morgan fingerprint density at radius 3 is 2.50 bits per heavy atom. The van der Waals surface area contributed by atoms with E-state index >= 15 is 0 Å². The Morgan fingerprint density at radius 1 is 1.50 bits per heavy atom. The zero-order chi connectivity index (χ0) is 7.78. The van der Waals surface area contributed by atoms with Crippen molar-refractivity contribution in [1.82, 2.24) is 0 Å². The summed E-state index contributed by atoms with van der Waals surface area (Å²) in [5, 5.41) is 9.39. The summed E-state index contributed by atoms with van der Waals surface area (Å²) in [5.41, 5.74) is 5.94. The molecular weight excluding hydrogens is 126 g/mol. The van der Waals surface area contributed by atoms with Gasteiger partial charge in [0.1, 0.15) is 0 Å². The monoisotopic (exact) mass is 143 g/mol. The van der Waals surface area contributed by atoms with Gasteiger partial charge in [-0.1, -0.05) is 20.3 Å². The van der Waals surface area contributed by atoms with Crippen LogP contribution in [-0.4, -0.2) is 17.3 Å². The summed E-state index contributed by atoms with van der Waals surface area (Å²) in [6.45, 7) is 4.25. The third-order valence-corrected chi connectivity index (χ3v) is 2.64. The van der Waals surface area contributed by atoms with E-state index in [1.807, 2.05) is 0 Å². The first kappa shape index (κ1) is 8.02. The van der Waals surface area contributed by atoms with Gasteiger partial charge in [-0.2, -0.15) is 0 Å². The van der Waals surface area contributed by atoms with E-state index in [1.165, 1.54) is 0 Å². The summed E-state index contributed by atoms with van der Waals surface area (Å²) in [4.78, 5) is 0. The smallest absolute Gasteiger partial charge is 0.0696 e. The third kappa shape index (κ3) is 1.32. The fourth-order valence-electron chi connectivity index (χ4n) is 1.63. The van der Waals surface area contributed by atoms with E-state index in [0.29, 0.717) is 0 Å². The minimum Gasteiger partial charge on any atom is -0.391 e. The molecule has 1 aliphatic carbocycles. The molecule has 0 amide bonds. The highest BCUT2D eigenvalue weighted by molar-refractivity contribution is 4.90. The van der Waals surface area contributed by atoms with Crippen LogP contribution in [0, 0.1) is 5.41 Å². The Bertz CT molecular complexity index is 122. The van der Waals surface area contributed by atoms with E-state index in [2.05, 4.69) is 13.8 Å². The molecule has 1 rings (SSSR count). The summed E-state index contributed by atoms with van der Waals surface area (Å²) in [5.74, 6) is 0. The van der Waals surface area contributed by atoms with Crippen LogP contribution in [0.5, 0.6) is 0 Å². The van der Waals surface area contributed by atoms with Crippen molar-refractivity contribution in [2.75, 3.05) is 0 Å². The molecule has 0 aromatic rings. The Hall–Kier alpha value is -0.0800. The minimum absolute atomic E-state index is 0.0266. The van der Waals surface area contributed by atoms with Gasteiger partial charge in [0.15, 0.2) is 0 Å². The Kier molecular flexibility index (Phi) is 2.02. The molecular formula is C8H17NO. The van der Waals surface area contributed by atoms with Gasteiger partial charge >= 0.3 is 0 Å². The summed E-state index contributed by atoms with van der Waals surface area (Å²) >= 11 is 0. The molecule has 60 valence electrons. The number of hydrogen-bond donors (Lipinski definition) is 2. The minimum atomic E-state index is -0.274. The van der Waals surface area contributed by atoms with Crippen LogP contribution in [0.25, 0.3) is 0 Å². The summed E-state index contributed by atoms with van der Waals surface area (Å²) < 4.78 is 0. The molecule has 0 aliphatic heterocycles. The van der Waals surface area contributed by atoms with Crippen molar-refractivity contribution < 1.29 is 5.11 Å². The number of aliphatic hydroxyl groups is 1. The van der Waals surface area contributed by atoms with Gasteiger partial charge in [-0.25, -0.2) is 0 Å². The van der Waals surface area contributed by atoms with Gasteiger partial charge in [-0.3, -0.25) is 0 Å². The maximum absolute atomic E-state index is 9.39. The van der Waals surface area contributed by atoms with Crippen LogP contribution in [0.2, 0.25) is 0 Å². The number of aliphatic hydroxyl groups excluding tert-OH is 1. The largest absolute Gasteiger partial charge is 0.391 e. The molecule has 0 spiro atoms. The highest BCUT2D eigenvalue weighted by atomic mass is 16.3. The lowest BCUT2D eigenvalue weighted by molar-refractivity contribution is 0.0392. The second-order valence-corrected chi connectivity index (χ2v) is 3.97. The maximum atomic E-state index is 9.39. The highest BCUT2D eigenvalue weighted by Gasteiger charge is 2.35. The van der Waals surface area contributed by atoms with E-state index in [0.717, 1.165) is 19.3 Å². The van der Waals surface area contributed by atoms with E-state index in [1.54, 1.807) is 0 Å². The predicted molar refractivity (Wildman–Crippen MR) is 41.6 cm³/mol. The lowest BCUT2D eigenvalue weighted by Gasteiger charge is -2.39. The molecule has 0 aromatic heterocycles. The van der Waals surface area contributed by atoms with Crippen molar-refractivity contribution in [2.24, 2.45) is 11.1 Å². The van der Waals surface area contributed by atoms with Gasteiger partial charge in [0.05, 0.1) is 6.10 Å². The second-order valence-electron chi connectivity index (χ2n) is 3.97. The molecule has 10 heavy (non-hydrogen) atoms. The average Bonchev–Trinajstić information content (AvgIpc) is 1.83.